The lowest BCUT2D eigenvalue weighted by molar-refractivity contribution is -0.145. The van der Waals surface area contributed by atoms with Crippen molar-refractivity contribution in [3.05, 3.63) is 28.4 Å². The summed E-state index contributed by atoms with van der Waals surface area (Å²) in [6.07, 6.45) is 4.82. The van der Waals surface area contributed by atoms with Crippen LogP contribution in [-0.2, 0) is 16.0 Å². The average Bonchev–Trinajstić information content (AvgIpc) is 3.20. The van der Waals surface area contributed by atoms with E-state index >= 15 is 0 Å². The number of ether oxygens (including phenoxy) is 2. The van der Waals surface area contributed by atoms with Gasteiger partial charge in [0.15, 0.2) is 0 Å². The Morgan fingerprint density at radius 2 is 2.26 bits per heavy atom. The number of carbonyl (C=O) groups is 1. The number of nitrogens with one attached hydrogen (secondary N) is 1. The van der Waals surface area contributed by atoms with E-state index in [1.807, 2.05) is 18.3 Å². The number of fused-ring (bicyclic) bond motifs is 1. The average molecular weight is 381 g/mol. The quantitative estimate of drug-likeness (QED) is 0.809. The Hall–Kier alpha value is -1.53. The number of halogens is 1. The van der Waals surface area contributed by atoms with Crippen molar-refractivity contribution in [3.63, 3.8) is 0 Å². The summed E-state index contributed by atoms with van der Waals surface area (Å²) in [4.78, 5) is 17.4. The molecule has 1 fully saturated rings. The minimum Gasteiger partial charge on any atom is -0.496 e. The summed E-state index contributed by atoms with van der Waals surface area (Å²) in [5, 5.41) is 1.11. The van der Waals surface area contributed by atoms with E-state index in [1.54, 1.807) is 7.11 Å². The number of rotatable bonds is 5. The molecule has 23 heavy (non-hydrogen) atoms. The van der Waals surface area contributed by atoms with Gasteiger partial charge in [-0.15, -0.1) is 0 Å². The number of aromatic amines is 1. The van der Waals surface area contributed by atoms with Crippen LogP contribution in [-0.4, -0.2) is 49.2 Å². The van der Waals surface area contributed by atoms with Crippen LogP contribution in [0, 0.1) is 0 Å². The van der Waals surface area contributed by atoms with Gasteiger partial charge in [0.1, 0.15) is 11.8 Å². The number of esters is 1. The molecule has 0 radical (unpaired) electrons. The van der Waals surface area contributed by atoms with E-state index in [0.717, 1.165) is 53.5 Å². The van der Waals surface area contributed by atoms with E-state index in [0.29, 0.717) is 0 Å². The van der Waals surface area contributed by atoms with E-state index in [-0.39, 0.29) is 12.0 Å². The topological polar surface area (TPSA) is 54.6 Å². The van der Waals surface area contributed by atoms with Crippen LogP contribution in [0.25, 0.3) is 10.9 Å². The summed E-state index contributed by atoms with van der Waals surface area (Å²) in [7, 11) is 3.15. The summed E-state index contributed by atoms with van der Waals surface area (Å²) in [6.45, 7) is 1.78. The molecule has 0 aliphatic carbocycles. The third-order valence-corrected chi connectivity index (χ3v) is 5.21. The number of nitrogens with zero attached hydrogens (tertiary/aromatic N) is 1. The third kappa shape index (κ3) is 3.10. The molecule has 1 saturated heterocycles. The summed E-state index contributed by atoms with van der Waals surface area (Å²) in [5.74, 6) is 0.743. The number of benzene rings is 1. The summed E-state index contributed by atoms with van der Waals surface area (Å²) in [6, 6.07) is 3.85. The summed E-state index contributed by atoms with van der Waals surface area (Å²) < 4.78 is 11.4. The lowest BCUT2D eigenvalue weighted by Crippen LogP contribution is -2.38. The molecule has 2 heterocycles. The summed E-state index contributed by atoms with van der Waals surface area (Å²) in [5.41, 5.74) is 2.25. The van der Waals surface area contributed by atoms with Crippen molar-refractivity contribution >= 4 is 32.8 Å². The SMILES string of the molecule is COC(=O)C1CCCN1CCc1c[nH]c2c(Br)ccc(OC)c12. The molecule has 0 amide bonds. The van der Waals surface area contributed by atoms with Crippen LogP contribution in [0.5, 0.6) is 5.75 Å². The van der Waals surface area contributed by atoms with Gasteiger partial charge >= 0.3 is 5.97 Å². The minimum absolute atomic E-state index is 0.0983. The van der Waals surface area contributed by atoms with Gasteiger partial charge in [-0.1, -0.05) is 0 Å². The van der Waals surface area contributed by atoms with Gasteiger partial charge in [0.05, 0.1) is 19.7 Å². The van der Waals surface area contributed by atoms with Crippen LogP contribution < -0.4 is 4.74 Å². The fraction of sp³-hybridized carbons (Fsp3) is 0.471. The van der Waals surface area contributed by atoms with Gasteiger partial charge in [-0.05, 0) is 59.4 Å². The Kier molecular flexibility index (Phi) is 4.92. The highest BCUT2D eigenvalue weighted by atomic mass is 79.9. The Morgan fingerprint density at radius 1 is 1.43 bits per heavy atom. The van der Waals surface area contributed by atoms with Crippen LogP contribution in [0.2, 0.25) is 0 Å². The van der Waals surface area contributed by atoms with Crippen LogP contribution >= 0.6 is 15.9 Å². The number of methoxy groups -OCH3 is 2. The Morgan fingerprint density at radius 3 is 3.00 bits per heavy atom. The van der Waals surface area contributed by atoms with E-state index in [4.69, 9.17) is 9.47 Å². The largest absolute Gasteiger partial charge is 0.496 e. The maximum absolute atomic E-state index is 11.8. The van der Waals surface area contributed by atoms with Gasteiger partial charge in [0.2, 0.25) is 0 Å². The number of likely N-dealkylation sites (tertiary alicyclic amines) is 1. The molecular weight excluding hydrogens is 360 g/mol. The predicted molar refractivity (Wildman–Crippen MR) is 92.9 cm³/mol. The predicted octanol–water partition coefficient (Wildman–Crippen LogP) is 3.12. The maximum atomic E-state index is 11.8. The summed E-state index contributed by atoms with van der Waals surface area (Å²) >= 11 is 3.57. The highest BCUT2D eigenvalue weighted by Crippen LogP contribution is 2.34. The Balaban J connectivity index is 1.80. The van der Waals surface area contributed by atoms with Gasteiger partial charge in [0, 0.05) is 22.6 Å². The van der Waals surface area contributed by atoms with Crippen LogP contribution in [0.3, 0.4) is 0 Å². The molecule has 1 aliphatic rings. The normalized spacial score (nSPS) is 18.5. The van der Waals surface area contributed by atoms with Crippen molar-refractivity contribution < 1.29 is 14.3 Å². The molecule has 0 spiro atoms. The monoisotopic (exact) mass is 380 g/mol. The molecule has 1 aromatic heterocycles. The molecule has 0 saturated carbocycles. The zero-order chi connectivity index (χ0) is 16.4. The zero-order valence-electron chi connectivity index (χ0n) is 13.4. The van der Waals surface area contributed by atoms with Crippen molar-refractivity contribution in [3.8, 4) is 5.75 Å². The first kappa shape index (κ1) is 16.3. The van der Waals surface area contributed by atoms with E-state index < -0.39 is 0 Å². The molecule has 6 heteroatoms. The fourth-order valence-corrected chi connectivity index (χ4v) is 3.82. The fourth-order valence-electron chi connectivity index (χ4n) is 3.38. The van der Waals surface area contributed by atoms with Crippen LogP contribution in [0.1, 0.15) is 18.4 Å². The van der Waals surface area contributed by atoms with Crippen LogP contribution in [0.15, 0.2) is 22.8 Å². The maximum Gasteiger partial charge on any atom is 0.323 e. The molecule has 1 atom stereocenters. The highest BCUT2D eigenvalue weighted by Gasteiger charge is 2.31. The van der Waals surface area contributed by atoms with E-state index in [2.05, 4.69) is 25.8 Å². The number of hydrogen-bond acceptors (Lipinski definition) is 4. The molecule has 5 nitrogen and oxygen atoms in total. The zero-order valence-corrected chi connectivity index (χ0v) is 15.0. The second-order valence-corrected chi connectivity index (χ2v) is 6.64. The molecule has 124 valence electrons. The first-order chi connectivity index (χ1) is 11.2. The van der Waals surface area contributed by atoms with Gasteiger partial charge in [-0.3, -0.25) is 9.69 Å². The molecular formula is C17H21BrN2O3. The lowest BCUT2D eigenvalue weighted by Gasteiger charge is -2.22. The molecule has 1 aromatic carbocycles. The number of carbonyl (C=O) groups excluding carboxylic acids is 1. The Labute approximate surface area is 144 Å². The van der Waals surface area contributed by atoms with Gasteiger partial charge in [-0.2, -0.15) is 0 Å². The second-order valence-electron chi connectivity index (χ2n) is 5.78. The molecule has 1 aliphatic heterocycles. The highest BCUT2D eigenvalue weighted by molar-refractivity contribution is 9.10. The van der Waals surface area contributed by atoms with Crippen molar-refractivity contribution in [2.24, 2.45) is 0 Å². The standard InChI is InChI=1S/C17H21BrN2O3/c1-22-14-6-5-12(18)16-15(14)11(10-19-16)7-9-20-8-3-4-13(20)17(21)23-2/h5-6,10,13,19H,3-4,7-9H2,1-2H3. The Bertz CT molecular complexity index is 713. The van der Waals surface area contributed by atoms with Gasteiger partial charge in [-0.25, -0.2) is 0 Å². The third-order valence-electron chi connectivity index (χ3n) is 4.55. The van der Waals surface area contributed by atoms with Crippen LogP contribution in [0.4, 0.5) is 0 Å². The minimum atomic E-state index is -0.123. The van der Waals surface area contributed by atoms with Crippen molar-refractivity contribution in [1.29, 1.82) is 0 Å². The number of aromatic nitrogens is 1. The number of hydrogen-bond donors (Lipinski definition) is 1. The van der Waals surface area contributed by atoms with Crippen molar-refractivity contribution in [2.75, 3.05) is 27.3 Å². The number of H-pyrrole nitrogens is 1. The molecule has 1 unspecified atom stereocenters. The molecule has 1 N–H and O–H groups in total. The lowest BCUT2D eigenvalue weighted by atomic mass is 10.1. The molecule has 3 rings (SSSR count). The first-order valence-corrected chi connectivity index (χ1v) is 8.59. The molecule has 0 bridgehead atoms. The smallest absolute Gasteiger partial charge is 0.323 e. The van der Waals surface area contributed by atoms with Gasteiger partial charge in [0.25, 0.3) is 0 Å². The van der Waals surface area contributed by atoms with Gasteiger partial charge < -0.3 is 14.5 Å². The second kappa shape index (κ2) is 6.93. The molecule has 2 aromatic rings. The first-order valence-electron chi connectivity index (χ1n) is 7.80. The van der Waals surface area contributed by atoms with E-state index in [1.165, 1.54) is 12.7 Å². The van der Waals surface area contributed by atoms with E-state index in [9.17, 15) is 4.79 Å². The van der Waals surface area contributed by atoms with Crippen molar-refractivity contribution in [2.45, 2.75) is 25.3 Å². The van der Waals surface area contributed by atoms with Crippen molar-refractivity contribution in [1.82, 2.24) is 9.88 Å².